The van der Waals surface area contributed by atoms with Crippen LogP contribution >= 0.6 is 0 Å². The van der Waals surface area contributed by atoms with E-state index in [9.17, 15) is 5.11 Å². The van der Waals surface area contributed by atoms with Gasteiger partial charge in [-0.2, -0.15) is 0 Å². The van der Waals surface area contributed by atoms with Gasteiger partial charge in [-0.25, -0.2) is 0 Å². The summed E-state index contributed by atoms with van der Waals surface area (Å²) in [5, 5.41) is 9.29. The largest absolute Gasteiger partial charge is 0.396 e. The molecular formula is C11H20O2. The van der Waals surface area contributed by atoms with Gasteiger partial charge in [-0.05, 0) is 37.5 Å². The van der Waals surface area contributed by atoms with Crippen LogP contribution in [0.2, 0.25) is 0 Å². The van der Waals surface area contributed by atoms with Gasteiger partial charge in [0.2, 0.25) is 0 Å². The molecule has 0 aromatic heterocycles. The van der Waals surface area contributed by atoms with Crippen molar-refractivity contribution in [2.45, 2.75) is 45.3 Å². The van der Waals surface area contributed by atoms with Crippen LogP contribution in [0.3, 0.4) is 0 Å². The van der Waals surface area contributed by atoms with Gasteiger partial charge in [-0.15, -0.1) is 0 Å². The second-order valence-electron chi connectivity index (χ2n) is 4.69. The summed E-state index contributed by atoms with van der Waals surface area (Å²) < 4.78 is 5.90. The fourth-order valence-electron chi connectivity index (χ4n) is 3.12. The number of hydrogen-bond donors (Lipinski definition) is 1. The number of hydrogen-bond acceptors (Lipinski definition) is 2. The highest BCUT2D eigenvalue weighted by molar-refractivity contribution is 4.92. The summed E-state index contributed by atoms with van der Waals surface area (Å²) >= 11 is 0. The minimum atomic E-state index is 0.349. The fourth-order valence-corrected chi connectivity index (χ4v) is 3.12. The predicted octanol–water partition coefficient (Wildman–Crippen LogP) is 1.82. The first-order valence-corrected chi connectivity index (χ1v) is 5.50. The maximum absolute atomic E-state index is 9.29. The van der Waals surface area contributed by atoms with Crippen LogP contribution in [0.15, 0.2) is 0 Å². The van der Waals surface area contributed by atoms with Gasteiger partial charge in [0, 0.05) is 6.61 Å². The molecule has 2 nitrogen and oxygen atoms in total. The van der Waals surface area contributed by atoms with E-state index >= 15 is 0 Å². The van der Waals surface area contributed by atoms with E-state index in [0.29, 0.717) is 36.6 Å². The molecule has 1 aliphatic heterocycles. The Morgan fingerprint density at radius 1 is 1.31 bits per heavy atom. The summed E-state index contributed by atoms with van der Waals surface area (Å²) in [6.45, 7) is 4.78. The Labute approximate surface area is 80.3 Å². The molecule has 2 rings (SSSR count). The molecule has 1 heterocycles. The summed E-state index contributed by atoms with van der Waals surface area (Å²) in [4.78, 5) is 0. The molecule has 13 heavy (non-hydrogen) atoms. The van der Waals surface area contributed by atoms with Crippen molar-refractivity contribution in [3.63, 3.8) is 0 Å². The lowest BCUT2D eigenvalue weighted by atomic mass is 9.72. The second-order valence-corrected chi connectivity index (χ2v) is 4.69. The lowest BCUT2D eigenvalue weighted by Crippen LogP contribution is -2.34. The first-order valence-electron chi connectivity index (χ1n) is 5.50. The maximum atomic E-state index is 9.29. The van der Waals surface area contributed by atoms with Gasteiger partial charge >= 0.3 is 0 Å². The van der Waals surface area contributed by atoms with Crippen LogP contribution in [-0.4, -0.2) is 23.9 Å². The summed E-state index contributed by atoms with van der Waals surface area (Å²) in [6.07, 6.45) is 4.46. The highest BCUT2D eigenvalue weighted by Gasteiger charge is 2.45. The van der Waals surface area contributed by atoms with Crippen LogP contribution in [-0.2, 0) is 4.74 Å². The van der Waals surface area contributed by atoms with E-state index in [4.69, 9.17) is 4.74 Å². The first-order chi connectivity index (χ1) is 6.24. The Balaban J connectivity index is 2.11. The molecule has 0 unspecified atom stereocenters. The molecular weight excluding hydrogens is 164 g/mol. The number of aliphatic hydroxyl groups excluding tert-OH is 1. The molecule has 1 saturated carbocycles. The summed E-state index contributed by atoms with van der Waals surface area (Å²) in [7, 11) is 0. The molecule has 1 aliphatic carbocycles. The Hall–Kier alpha value is -0.0800. The van der Waals surface area contributed by atoms with Crippen LogP contribution in [0.5, 0.6) is 0 Å². The van der Waals surface area contributed by atoms with Crippen molar-refractivity contribution in [1.29, 1.82) is 0 Å². The van der Waals surface area contributed by atoms with Gasteiger partial charge < -0.3 is 9.84 Å². The van der Waals surface area contributed by atoms with E-state index in [1.807, 2.05) is 0 Å². The molecule has 0 amide bonds. The highest BCUT2D eigenvalue weighted by Crippen LogP contribution is 2.44. The van der Waals surface area contributed by atoms with Gasteiger partial charge in [-0.3, -0.25) is 0 Å². The zero-order chi connectivity index (χ0) is 9.42. The van der Waals surface area contributed by atoms with Gasteiger partial charge in [0.15, 0.2) is 0 Å². The van der Waals surface area contributed by atoms with Crippen molar-refractivity contribution in [3.05, 3.63) is 0 Å². The zero-order valence-electron chi connectivity index (χ0n) is 8.57. The topological polar surface area (TPSA) is 29.5 Å². The monoisotopic (exact) mass is 184 g/mol. The molecule has 0 aromatic rings. The molecule has 76 valence electrons. The first kappa shape index (κ1) is 9.47. The standard InChI is InChI=1S/C11H20O2/c1-7-8(2)13-10-5-3-4-9(6-12)11(7)10/h7-12H,3-6H2,1-2H3/t7-,8-,9+,10+,11-/m0/s1. The van der Waals surface area contributed by atoms with E-state index < -0.39 is 0 Å². The van der Waals surface area contributed by atoms with E-state index in [0.717, 1.165) is 0 Å². The Morgan fingerprint density at radius 3 is 2.77 bits per heavy atom. The van der Waals surface area contributed by atoms with Crippen molar-refractivity contribution < 1.29 is 9.84 Å². The van der Waals surface area contributed by atoms with Gasteiger partial charge in [0.25, 0.3) is 0 Å². The van der Waals surface area contributed by atoms with Gasteiger partial charge in [-0.1, -0.05) is 13.3 Å². The highest BCUT2D eigenvalue weighted by atomic mass is 16.5. The minimum Gasteiger partial charge on any atom is -0.396 e. The third kappa shape index (κ3) is 1.50. The summed E-state index contributed by atoms with van der Waals surface area (Å²) in [6, 6.07) is 0. The molecule has 0 bridgehead atoms. The van der Waals surface area contributed by atoms with Crippen molar-refractivity contribution in [2.24, 2.45) is 17.8 Å². The molecule has 0 spiro atoms. The zero-order valence-corrected chi connectivity index (χ0v) is 8.57. The van der Waals surface area contributed by atoms with E-state index in [-0.39, 0.29) is 0 Å². The molecule has 2 heteroatoms. The van der Waals surface area contributed by atoms with Gasteiger partial charge in [0.1, 0.15) is 0 Å². The minimum absolute atomic E-state index is 0.349. The number of rotatable bonds is 1. The van der Waals surface area contributed by atoms with Crippen LogP contribution in [0.4, 0.5) is 0 Å². The molecule has 2 fully saturated rings. The molecule has 2 aliphatic rings. The normalized spacial score (nSPS) is 50.5. The van der Waals surface area contributed by atoms with Crippen molar-refractivity contribution >= 4 is 0 Å². The molecule has 1 N–H and O–H groups in total. The predicted molar refractivity (Wildman–Crippen MR) is 51.4 cm³/mol. The lowest BCUT2D eigenvalue weighted by Gasteiger charge is -2.33. The van der Waals surface area contributed by atoms with E-state index in [1.54, 1.807) is 0 Å². The van der Waals surface area contributed by atoms with Crippen molar-refractivity contribution in [3.8, 4) is 0 Å². The maximum Gasteiger partial charge on any atom is 0.0614 e. The number of aliphatic hydroxyl groups is 1. The van der Waals surface area contributed by atoms with Crippen molar-refractivity contribution in [2.75, 3.05) is 6.61 Å². The molecule has 0 radical (unpaired) electrons. The Kier molecular flexibility index (Phi) is 2.61. The Bertz CT molecular complexity index is 175. The molecule has 0 aromatic carbocycles. The quantitative estimate of drug-likeness (QED) is 0.673. The smallest absolute Gasteiger partial charge is 0.0614 e. The lowest BCUT2D eigenvalue weighted by molar-refractivity contribution is 0.00329. The second kappa shape index (κ2) is 3.58. The van der Waals surface area contributed by atoms with Crippen LogP contribution in [0.1, 0.15) is 33.1 Å². The number of fused-ring (bicyclic) bond motifs is 1. The van der Waals surface area contributed by atoms with Crippen LogP contribution in [0.25, 0.3) is 0 Å². The third-order valence-corrected chi connectivity index (χ3v) is 4.01. The Morgan fingerprint density at radius 2 is 2.08 bits per heavy atom. The van der Waals surface area contributed by atoms with Crippen LogP contribution in [0, 0.1) is 17.8 Å². The summed E-state index contributed by atoms with van der Waals surface area (Å²) in [5.41, 5.74) is 0. The van der Waals surface area contributed by atoms with E-state index in [1.165, 1.54) is 19.3 Å². The fraction of sp³-hybridized carbons (Fsp3) is 1.00. The molecule has 5 atom stereocenters. The molecule has 1 saturated heterocycles. The van der Waals surface area contributed by atoms with Crippen LogP contribution < -0.4 is 0 Å². The average Bonchev–Trinajstić information content (AvgIpc) is 2.43. The van der Waals surface area contributed by atoms with E-state index in [2.05, 4.69) is 13.8 Å². The summed E-state index contributed by atoms with van der Waals surface area (Å²) in [5.74, 6) is 1.75. The average molecular weight is 184 g/mol. The van der Waals surface area contributed by atoms with Gasteiger partial charge in [0.05, 0.1) is 12.2 Å². The number of ether oxygens (including phenoxy) is 1. The third-order valence-electron chi connectivity index (χ3n) is 4.01. The SMILES string of the molecule is C[C@@H]1[C@H]2[C@@H](CO)CCC[C@H]2O[C@H]1C. The van der Waals surface area contributed by atoms with Crippen molar-refractivity contribution in [1.82, 2.24) is 0 Å².